The zero-order chi connectivity index (χ0) is 22.4. The predicted molar refractivity (Wildman–Crippen MR) is 123 cm³/mol. The molecule has 30 heavy (non-hydrogen) atoms. The van der Waals surface area contributed by atoms with Gasteiger partial charge in [0.05, 0.1) is 11.1 Å². The van der Waals surface area contributed by atoms with Crippen LogP contribution in [0.1, 0.15) is 78.7 Å². The van der Waals surface area contributed by atoms with Gasteiger partial charge in [-0.05, 0) is 44.6 Å². The van der Waals surface area contributed by atoms with E-state index in [9.17, 15) is 9.59 Å². The van der Waals surface area contributed by atoms with Crippen LogP contribution in [0.2, 0.25) is 0 Å². The Balaban J connectivity index is 2.29. The lowest BCUT2D eigenvalue weighted by molar-refractivity contribution is -0.125. The number of Topliss-reactive ketones (excluding diaryl/α,β-unsaturated/α-hetero) is 2. The minimum atomic E-state index is -0.765. The summed E-state index contributed by atoms with van der Waals surface area (Å²) in [6, 6.07) is 10.5. The van der Waals surface area contributed by atoms with Crippen LogP contribution in [0.5, 0.6) is 0 Å². The number of rotatable bonds is 12. The number of benzene rings is 1. The average Bonchev–Trinajstić information content (AvgIpc) is 3.12. The molecule has 1 heterocycles. The number of nitrogens with one attached hydrogen (secondary N) is 1. The minimum absolute atomic E-state index is 0.0376. The molecule has 168 valence electrons. The second-order valence-electron chi connectivity index (χ2n) is 8.90. The van der Waals surface area contributed by atoms with Gasteiger partial charge in [0.25, 0.3) is 0 Å². The van der Waals surface area contributed by atoms with Crippen LogP contribution in [-0.4, -0.2) is 46.2 Å². The van der Waals surface area contributed by atoms with Crippen molar-refractivity contribution in [3.05, 3.63) is 35.9 Å². The van der Waals surface area contributed by atoms with Crippen molar-refractivity contribution >= 4 is 11.6 Å². The van der Waals surface area contributed by atoms with Crippen LogP contribution in [0.15, 0.2) is 30.3 Å². The van der Waals surface area contributed by atoms with Crippen molar-refractivity contribution in [3.63, 3.8) is 0 Å². The monoisotopic (exact) mass is 415 g/mol. The highest BCUT2D eigenvalue weighted by Crippen LogP contribution is 2.29. The molecule has 0 aromatic heterocycles. The first-order valence-corrected chi connectivity index (χ1v) is 11.6. The van der Waals surface area contributed by atoms with E-state index in [2.05, 4.69) is 48.3 Å². The van der Waals surface area contributed by atoms with Gasteiger partial charge >= 0.3 is 0 Å². The molecule has 1 saturated heterocycles. The van der Waals surface area contributed by atoms with Crippen LogP contribution in [0, 0.1) is 0 Å². The molecule has 1 fully saturated rings. The lowest BCUT2D eigenvalue weighted by Crippen LogP contribution is -2.58. The van der Waals surface area contributed by atoms with Crippen molar-refractivity contribution in [1.29, 1.82) is 0 Å². The molecule has 0 aliphatic carbocycles. The van der Waals surface area contributed by atoms with E-state index >= 15 is 0 Å². The van der Waals surface area contributed by atoms with Crippen LogP contribution in [0.4, 0.5) is 0 Å². The summed E-state index contributed by atoms with van der Waals surface area (Å²) < 4.78 is 0. The number of carbonyl (C=O) groups is 2. The summed E-state index contributed by atoms with van der Waals surface area (Å²) in [6.45, 7) is 11.5. The molecule has 0 bridgehead atoms. The lowest BCUT2D eigenvalue weighted by atomic mass is 9.83. The number of nitrogens with two attached hydrogens (primary N) is 1. The van der Waals surface area contributed by atoms with E-state index in [4.69, 9.17) is 5.73 Å². The van der Waals surface area contributed by atoms with Gasteiger partial charge < -0.3 is 11.1 Å². The summed E-state index contributed by atoms with van der Waals surface area (Å²) in [5.74, 6) is 0.306. The molecule has 2 atom stereocenters. The average molecular weight is 416 g/mol. The third-order valence-electron chi connectivity index (χ3n) is 7.44. The topological polar surface area (TPSA) is 75.4 Å². The minimum Gasteiger partial charge on any atom is -0.319 e. The van der Waals surface area contributed by atoms with E-state index in [0.29, 0.717) is 19.3 Å². The third kappa shape index (κ3) is 5.37. The number of ketones is 2. The number of likely N-dealkylation sites (tertiary alicyclic amines) is 1. The zero-order valence-electron chi connectivity index (χ0n) is 19.5. The van der Waals surface area contributed by atoms with E-state index in [-0.39, 0.29) is 23.7 Å². The van der Waals surface area contributed by atoms with Crippen molar-refractivity contribution in [1.82, 2.24) is 10.2 Å². The Morgan fingerprint density at radius 2 is 1.67 bits per heavy atom. The lowest BCUT2D eigenvalue weighted by Gasteiger charge is -2.38. The maximum Gasteiger partial charge on any atom is 0.154 e. The second kappa shape index (κ2) is 10.7. The molecule has 0 amide bonds. The summed E-state index contributed by atoms with van der Waals surface area (Å²) in [5, 5.41) is 3.70. The Labute approximate surface area is 182 Å². The molecular weight excluding hydrogens is 374 g/mol. The van der Waals surface area contributed by atoms with Gasteiger partial charge in [-0.25, -0.2) is 0 Å². The summed E-state index contributed by atoms with van der Waals surface area (Å²) in [6.07, 6.45) is 4.14. The van der Waals surface area contributed by atoms with Crippen molar-refractivity contribution in [2.45, 2.75) is 103 Å². The largest absolute Gasteiger partial charge is 0.319 e. The fourth-order valence-electron chi connectivity index (χ4n) is 4.82. The van der Waals surface area contributed by atoms with Crippen molar-refractivity contribution in [2.75, 3.05) is 6.54 Å². The van der Waals surface area contributed by atoms with Gasteiger partial charge in [-0.2, -0.15) is 0 Å². The Bertz CT molecular complexity index is 696. The summed E-state index contributed by atoms with van der Waals surface area (Å²) in [5.41, 5.74) is 6.40. The maximum absolute atomic E-state index is 13.2. The number of nitrogens with zero attached hydrogens (tertiary/aromatic N) is 1. The maximum atomic E-state index is 13.2. The first-order chi connectivity index (χ1) is 14.2. The summed E-state index contributed by atoms with van der Waals surface area (Å²) in [7, 11) is 0. The Morgan fingerprint density at radius 1 is 1.07 bits per heavy atom. The number of carbonyl (C=O) groups excluding carboxylic acids is 2. The first-order valence-electron chi connectivity index (χ1n) is 11.6. The van der Waals surface area contributed by atoms with Gasteiger partial charge in [-0.15, -0.1) is 0 Å². The fourth-order valence-corrected chi connectivity index (χ4v) is 4.82. The van der Waals surface area contributed by atoms with E-state index < -0.39 is 11.1 Å². The van der Waals surface area contributed by atoms with E-state index in [0.717, 1.165) is 32.4 Å². The summed E-state index contributed by atoms with van der Waals surface area (Å²) >= 11 is 0. The molecule has 0 radical (unpaired) electrons. The molecular formula is C25H41N3O2. The fraction of sp³-hybridized carbons (Fsp3) is 0.680. The molecule has 5 heteroatoms. The van der Waals surface area contributed by atoms with Crippen LogP contribution >= 0.6 is 0 Å². The van der Waals surface area contributed by atoms with Crippen LogP contribution in [0.25, 0.3) is 0 Å². The smallest absolute Gasteiger partial charge is 0.154 e. The molecule has 1 aliphatic heterocycles. The van der Waals surface area contributed by atoms with E-state index in [1.165, 1.54) is 5.56 Å². The van der Waals surface area contributed by atoms with E-state index in [1.807, 2.05) is 19.9 Å². The first kappa shape index (κ1) is 24.7. The van der Waals surface area contributed by atoms with Gasteiger partial charge in [-0.1, -0.05) is 58.0 Å². The molecule has 0 spiro atoms. The molecule has 0 saturated carbocycles. The number of hydrogen-bond donors (Lipinski definition) is 2. The Morgan fingerprint density at radius 3 is 2.17 bits per heavy atom. The van der Waals surface area contributed by atoms with Gasteiger partial charge in [0.2, 0.25) is 0 Å². The van der Waals surface area contributed by atoms with Crippen LogP contribution in [-0.2, 0) is 16.1 Å². The predicted octanol–water partition coefficient (Wildman–Crippen LogP) is 3.84. The normalized spacial score (nSPS) is 20.5. The van der Waals surface area contributed by atoms with Gasteiger partial charge in [0, 0.05) is 31.6 Å². The highest BCUT2D eigenvalue weighted by molar-refractivity contribution is 5.89. The molecule has 1 aromatic rings. The van der Waals surface area contributed by atoms with E-state index in [1.54, 1.807) is 6.92 Å². The highest BCUT2D eigenvalue weighted by atomic mass is 16.1. The SMILES string of the molecule is CCC(N)(CC)C(=O)CC1C(NC(CC)(CC)C(C)=O)CCN1Cc1ccccc1. The molecule has 3 N–H and O–H groups in total. The zero-order valence-corrected chi connectivity index (χ0v) is 19.5. The third-order valence-corrected chi connectivity index (χ3v) is 7.44. The number of hydrogen-bond acceptors (Lipinski definition) is 5. The van der Waals surface area contributed by atoms with Gasteiger partial charge in [0.1, 0.15) is 5.78 Å². The molecule has 2 rings (SSSR count). The standard InChI is InChI=1S/C25H41N3O2/c1-6-24(26,7-2)23(30)17-22-21(27-25(8-3,9-4)19(5)29)15-16-28(22)18-20-13-11-10-12-14-20/h10-14,21-22,27H,6-9,15-18,26H2,1-5H3. The molecule has 2 unspecified atom stereocenters. The van der Waals surface area contributed by atoms with Crippen molar-refractivity contribution in [3.8, 4) is 0 Å². The quantitative estimate of drug-likeness (QED) is 0.542. The van der Waals surface area contributed by atoms with Crippen molar-refractivity contribution < 1.29 is 9.59 Å². The molecule has 1 aromatic carbocycles. The second-order valence-corrected chi connectivity index (χ2v) is 8.90. The Kier molecular flexibility index (Phi) is 8.77. The van der Waals surface area contributed by atoms with Crippen molar-refractivity contribution in [2.24, 2.45) is 5.73 Å². The van der Waals surface area contributed by atoms with Gasteiger partial charge in [-0.3, -0.25) is 14.5 Å². The van der Waals surface area contributed by atoms with Crippen LogP contribution in [0.3, 0.4) is 0 Å². The molecule has 5 nitrogen and oxygen atoms in total. The summed E-state index contributed by atoms with van der Waals surface area (Å²) in [4.78, 5) is 28.1. The Hall–Kier alpha value is -1.56. The van der Waals surface area contributed by atoms with Gasteiger partial charge in [0.15, 0.2) is 5.78 Å². The molecule has 1 aliphatic rings. The van der Waals surface area contributed by atoms with Crippen LogP contribution < -0.4 is 11.1 Å². The highest BCUT2D eigenvalue weighted by Gasteiger charge is 2.43.